The Labute approximate surface area is 132 Å². The Morgan fingerprint density at radius 2 is 2.15 bits per heavy atom. The van der Waals surface area contributed by atoms with Crippen molar-refractivity contribution in [2.24, 2.45) is 0 Å². The molecule has 0 radical (unpaired) electrons. The molecule has 0 saturated heterocycles. The quantitative estimate of drug-likeness (QED) is 0.865. The number of nitrogens with zero attached hydrogens (tertiary/aromatic N) is 1. The molecule has 1 amide bonds. The molecule has 0 bridgehead atoms. The molecule has 20 heavy (non-hydrogen) atoms. The lowest BCUT2D eigenvalue weighted by molar-refractivity contribution is 0.0940. The molecule has 1 aromatic carbocycles. The van der Waals surface area contributed by atoms with Gasteiger partial charge in [-0.15, -0.1) is 0 Å². The monoisotopic (exact) mass is 354 g/mol. The molecular formula is C15H16BrClN2O. The summed E-state index contributed by atoms with van der Waals surface area (Å²) >= 11 is 9.33. The van der Waals surface area contributed by atoms with Crippen LogP contribution in [-0.4, -0.2) is 10.5 Å². The number of hydrogen-bond donors (Lipinski definition) is 1. The highest BCUT2D eigenvalue weighted by Gasteiger charge is 2.14. The van der Waals surface area contributed by atoms with E-state index in [1.807, 2.05) is 54.9 Å². The molecule has 0 saturated carbocycles. The molecule has 0 atom stereocenters. The zero-order chi connectivity index (χ0) is 14.7. The molecule has 1 heterocycles. The molecule has 0 unspecified atom stereocenters. The minimum atomic E-state index is -0.0932. The lowest BCUT2D eigenvalue weighted by atomic mass is 10.2. The molecule has 1 N–H and O–H groups in total. The van der Waals surface area contributed by atoms with Gasteiger partial charge in [0.2, 0.25) is 0 Å². The highest BCUT2D eigenvalue weighted by Crippen LogP contribution is 2.19. The largest absolute Gasteiger partial charge is 0.347 e. The van der Waals surface area contributed by atoms with E-state index in [4.69, 9.17) is 11.6 Å². The van der Waals surface area contributed by atoms with Crippen molar-refractivity contribution in [2.45, 2.75) is 26.4 Å². The summed E-state index contributed by atoms with van der Waals surface area (Å²) in [6, 6.07) is 9.52. The average Bonchev–Trinajstić information content (AvgIpc) is 2.78. The van der Waals surface area contributed by atoms with E-state index in [-0.39, 0.29) is 11.9 Å². The summed E-state index contributed by atoms with van der Waals surface area (Å²) in [4.78, 5) is 12.3. The van der Waals surface area contributed by atoms with E-state index >= 15 is 0 Å². The predicted octanol–water partition coefficient (Wildman–Crippen LogP) is 4.41. The Kier molecular flexibility index (Phi) is 4.89. The SMILES string of the molecule is CC(C)n1cc(Br)cc1C(=O)NCc1cccc(Cl)c1. The summed E-state index contributed by atoms with van der Waals surface area (Å²) in [5, 5.41) is 3.58. The molecule has 1 aromatic heterocycles. The van der Waals surface area contributed by atoms with Crippen molar-refractivity contribution in [1.29, 1.82) is 0 Å². The number of halogens is 2. The van der Waals surface area contributed by atoms with Crippen molar-refractivity contribution in [3.05, 3.63) is 57.3 Å². The molecule has 0 spiro atoms. The Hall–Kier alpha value is -1.26. The van der Waals surface area contributed by atoms with Crippen LogP contribution in [0, 0.1) is 0 Å². The first kappa shape index (κ1) is 15.1. The molecule has 0 aliphatic rings. The second-order valence-electron chi connectivity index (χ2n) is 4.86. The van der Waals surface area contributed by atoms with Crippen LogP contribution >= 0.6 is 27.5 Å². The minimum absolute atomic E-state index is 0.0932. The third-order valence-corrected chi connectivity index (χ3v) is 3.62. The van der Waals surface area contributed by atoms with Crippen LogP contribution in [0.1, 0.15) is 35.9 Å². The standard InChI is InChI=1S/C15H16BrClN2O/c1-10(2)19-9-12(16)7-14(19)15(20)18-8-11-4-3-5-13(17)6-11/h3-7,9-10H,8H2,1-2H3,(H,18,20). The molecule has 3 nitrogen and oxygen atoms in total. The number of rotatable bonds is 4. The van der Waals surface area contributed by atoms with Crippen LogP contribution in [0.15, 0.2) is 41.0 Å². The molecule has 2 aromatic rings. The first-order valence-corrected chi connectivity index (χ1v) is 7.54. The lowest BCUT2D eigenvalue weighted by Crippen LogP contribution is -2.25. The number of benzene rings is 1. The normalized spacial score (nSPS) is 10.8. The van der Waals surface area contributed by atoms with Crippen LogP contribution < -0.4 is 5.32 Å². The Balaban J connectivity index is 2.09. The van der Waals surface area contributed by atoms with Crippen LogP contribution in [0.25, 0.3) is 0 Å². The van der Waals surface area contributed by atoms with Crippen LogP contribution in [0.2, 0.25) is 5.02 Å². The highest BCUT2D eigenvalue weighted by molar-refractivity contribution is 9.10. The van der Waals surface area contributed by atoms with Crippen molar-refractivity contribution in [2.75, 3.05) is 0 Å². The van der Waals surface area contributed by atoms with Gasteiger partial charge < -0.3 is 9.88 Å². The summed E-state index contributed by atoms with van der Waals surface area (Å²) < 4.78 is 2.84. The second kappa shape index (κ2) is 6.46. The van der Waals surface area contributed by atoms with Crippen LogP contribution in [0.4, 0.5) is 0 Å². The Bertz CT molecular complexity index is 622. The van der Waals surface area contributed by atoms with Gasteiger partial charge in [-0.2, -0.15) is 0 Å². The van der Waals surface area contributed by atoms with Gasteiger partial charge >= 0.3 is 0 Å². The summed E-state index contributed by atoms with van der Waals surface area (Å²) in [6.07, 6.45) is 1.92. The summed E-state index contributed by atoms with van der Waals surface area (Å²) in [5.74, 6) is -0.0932. The zero-order valence-electron chi connectivity index (χ0n) is 11.4. The van der Waals surface area contributed by atoms with E-state index < -0.39 is 0 Å². The van der Waals surface area contributed by atoms with Crippen molar-refractivity contribution in [1.82, 2.24) is 9.88 Å². The fraction of sp³-hybridized carbons (Fsp3) is 0.267. The third-order valence-electron chi connectivity index (χ3n) is 2.95. The van der Waals surface area contributed by atoms with Gasteiger partial charge in [0, 0.05) is 28.3 Å². The lowest BCUT2D eigenvalue weighted by Gasteiger charge is -2.12. The second-order valence-corrected chi connectivity index (χ2v) is 6.21. The molecular weight excluding hydrogens is 340 g/mol. The van der Waals surface area contributed by atoms with Crippen molar-refractivity contribution < 1.29 is 4.79 Å². The van der Waals surface area contributed by atoms with Crippen LogP contribution in [0.3, 0.4) is 0 Å². The molecule has 2 rings (SSSR count). The molecule has 106 valence electrons. The van der Waals surface area contributed by atoms with Gasteiger partial charge in [0.05, 0.1) is 0 Å². The predicted molar refractivity (Wildman–Crippen MR) is 85.1 cm³/mol. The molecule has 0 aliphatic heterocycles. The van der Waals surface area contributed by atoms with E-state index in [9.17, 15) is 4.79 Å². The van der Waals surface area contributed by atoms with Gasteiger partial charge in [-0.3, -0.25) is 4.79 Å². The minimum Gasteiger partial charge on any atom is -0.347 e. The number of amides is 1. The van der Waals surface area contributed by atoms with Gasteiger partial charge in [-0.05, 0) is 53.5 Å². The number of aromatic nitrogens is 1. The van der Waals surface area contributed by atoms with Crippen molar-refractivity contribution >= 4 is 33.4 Å². The summed E-state index contributed by atoms with van der Waals surface area (Å²) in [6.45, 7) is 4.54. The molecule has 5 heteroatoms. The van der Waals surface area contributed by atoms with Crippen LogP contribution in [-0.2, 0) is 6.54 Å². The fourth-order valence-corrected chi connectivity index (χ4v) is 2.63. The van der Waals surface area contributed by atoms with Gasteiger partial charge in [0.15, 0.2) is 0 Å². The maximum absolute atomic E-state index is 12.3. The van der Waals surface area contributed by atoms with Gasteiger partial charge in [0.1, 0.15) is 5.69 Å². The number of carbonyl (C=O) groups excluding carboxylic acids is 1. The first-order chi connectivity index (χ1) is 9.47. The van der Waals surface area contributed by atoms with Gasteiger partial charge in [-0.25, -0.2) is 0 Å². The summed E-state index contributed by atoms with van der Waals surface area (Å²) in [7, 11) is 0. The first-order valence-electron chi connectivity index (χ1n) is 6.37. The topological polar surface area (TPSA) is 34.0 Å². The molecule has 0 aliphatic carbocycles. The van der Waals surface area contributed by atoms with E-state index in [0.717, 1.165) is 10.0 Å². The summed E-state index contributed by atoms with van der Waals surface area (Å²) in [5.41, 5.74) is 1.63. The van der Waals surface area contributed by atoms with E-state index in [1.165, 1.54) is 0 Å². The van der Waals surface area contributed by atoms with E-state index in [1.54, 1.807) is 0 Å². The number of hydrogen-bond acceptors (Lipinski definition) is 1. The smallest absolute Gasteiger partial charge is 0.268 e. The van der Waals surface area contributed by atoms with Crippen LogP contribution in [0.5, 0.6) is 0 Å². The maximum Gasteiger partial charge on any atom is 0.268 e. The highest BCUT2D eigenvalue weighted by atomic mass is 79.9. The Morgan fingerprint density at radius 3 is 2.80 bits per heavy atom. The van der Waals surface area contributed by atoms with E-state index in [0.29, 0.717) is 17.3 Å². The zero-order valence-corrected chi connectivity index (χ0v) is 13.7. The fourth-order valence-electron chi connectivity index (χ4n) is 1.97. The average molecular weight is 356 g/mol. The Morgan fingerprint density at radius 1 is 1.40 bits per heavy atom. The van der Waals surface area contributed by atoms with Crippen molar-refractivity contribution in [3.63, 3.8) is 0 Å². The number of nitrogens with one attached hydrogen (secondary N) is 1. The molecule has 0 fully saturated rings. The number of carbonyl (C=O) groups is 1. The maximum atomic E-state index is 12.3. The third kappa shape index (κ3) is 3.64. The van der Waals surface area contributed by atoms with E-state index in [2.05, 4.69) is 21.2 Å². The van der Waals surface area contributed by atoms with Gasteiger partial charge in [-0.1, -0.05) is 23.7 Å². The van der Waals surface area contributed by atoms with Gasteiger partial charge in [0.25, 0.3) is 5.91 Å². The van der Waals surface area contributed by atoms with Crippen molar-refractivity contribution in [3.8, 4) is 0 Å².